The number of ether oxygens (including phenoxy) is 1. The van der Waals surface area contributed by atoms with Gasteiger partial charge < -0.3 is 9.84 Å². The van der Waals surface area contributed by atoms with Gasteiger partial charge in [-0.1, -0.05) is 0 Å². The molecule has 0 aromatic heterocycles. The quantitative estimate of drug-likeness (QED) is 0.616. The van der Waals surface area contributed by atoms with Crippen molar-refractivity contribution in [1.29, 1.82) is 0 Å². The average molecular weight is 156 g/mol. The smallest absolute Gasteiger partial charge is 0.306 e. The molecule has 2 atom stereocenters. The van der Waals surface area contributed by atoms with Crippen LogP contribution in [0.25, 0.3) is 0 Å². The maximum Gasteiger partial charge on any atom is 0.306 e. The fraction of sp³-hybridized carbons (Fsp3) is 0.875. The van der Waals surface area contributed by atoms with Crippen LogP contribution in [0.4, 0.5) is 0 Å². The van der Waals surface area contributed by atoms with Crippen molar-refractivity contribution in [1.82, 2.24) is 0 Å². The maximum atomic E-state index is 10.6. The van der Waals surface area contributed by atoms with Gasteiger partial charge in [0.15, 0.2) is 0 Å². The Labute approximate surface area is 65.4 Å². The summed E-state index contributed by atoms with van der Waals surface area (Å²) in [6, 6.07) is 0. The van der Waals surface area contributed by atoms with Gasteiger partial charge in [0.2, 0.25) is 0 Å². The standard InChI is InChI=1S/C8H12O3/c9-8(10)5-3-6-1-2-7(4-5)11-6/h5-7H,1-4H2,(H,9,10)/t6-,7-/m1/s1. The van der Waals surface area contributed by atoms with Gasteiger partial charge in [0, 0.05) is 0 Å². The molecule has 3 heteroatoms. The molecule has 0 unspecified atom stereocenters. The molecule has 1 N–H and O–H groups in total. The molecule has 2 fully saturated rings. The second-order valence-electron chi connectivity index (χ2n) is 3.46. The minimum atomic E-state index is -0.648. The molecule has 0 aliphatic carbocycles. The van der Waals surface area contributed by atoms with Crippen molar-refractivity contribution >= 4 is 5.97 Å². The van der Waals surface area contributed by atoms with E-state index < -0.39 is 5.97 Å². The Kier molecular flexibility index (Phi) is 1.60. The van der Waals surface area contributed by atoms with Crippen molar-refractivity contribution in [3.63, 3.8) is 0 Å². The number of aliphatic carboxylic acids is 1. The lowest BCUT2D eigenvalue weighted by atomic mass is 9.96. The highest BCUT2D eigenvalue weighted by Crippen LogP contribution is 2.35. The van der Waals surface area contributed by atoms with Gasteiger partial charge >= 0.3 is 5.97 Å². The minimum absolute atomic E-state index is 0.138. The number of hydrogen-bond acceptors (Lipinski definition) is 2. The van der Waals surface area contributed by atoms with E-state index in [0.29, 0.717) is 0 Å². The van der Waals surface area contributed by atoms with Crippen molar-refractivity contribution in [2.24, 2.45) is 5.92 Å². The molecule has 2 aliphatic rings. The van der Waals surface area contributed by atoms with Gasteiger partial charge in [-0.05, 0) is 25.7 Å². The summed E-state index contributed by atoms with van der Waals surface area (Å²) in [5, 5.41) is 8.75. The first kappa shape index (κ1) is 7.10. The molecule has 0 aromatic carbocycles. The van der Waals surface area contributed by atoms with Gasteiger partial charge in [0.05, 0.1) is 18.1 Å². The Morgan fingerprint density at radius 2 is 1.82 bits per heavy atom. The van der Waals surface area contributed by atoms with Gasteiger partial charge in [-0.3, -0.25) is 4.79 Å². The summed E-state index contributed by atoms with van der Waals surface area (Å²) in [5.74, 6) is -0.786. The van der Waals surface area contributed by atoms with E-state index >= 15 is 0 Å². The van der Waals surface area contributed by atoms with E-state index in [4.69, 9.17) is 9.84 Å². The predicted octanol–water partition coefficient (Wildman–Crippen LogP) is 1.03. The zero-order valence-electron chi connectivity index (χ0n) is 6.32. The van der Waals surface area contributed by atoms with E-state index in [-0.39, 0.29) is 18.1 Å². The molecule has 0 radical (unpaired) electrons. The number of fused-ring (bicyclic) bond motifs is 2. The topological polar surface area (TPSA) is 46.5 Å². The highest BCUT2D eigenvalue weighted by Gasteiger charge is 2.37. The molecule has 2 aliphatic heterocycles. The number of hydrogen-bond donors (Lipinski definition) is 1. The fourth-order valence-electron chi connectivity index (χ4n) is 2.06. The molecule has 0 aromatic rings. The minimum Gasteiger partial charge on any atom is -0.481 e. The summed E-state index contributed by atoms with van der Waals surface area (Å²) in [7, 11) is 0. The van der Waals surface area contributed by atoms with Crippen LogP contribution in [0, 0.1) is 5.92 Å². The van der Waals surface area contributed by atoms with Gasteiger partial charge in [0.25, 0.3) is 0 Å². The zero-order valence-corrected chi connectivity index (χ0v) is 6.32. The summed E-state index contributed by atoms with van der Waals surface area (Å²) in [5.41, 5.74) is 0. The lowest BCUT2D eigenvalue weighted by Gasteiger charge is -2.25. The molecule has 62 valence electrons. The number of carboxylic acid groups (broad SMARTS) is 1. The highest BCUT2D eigenvalue weighted by molar-refractivity contribution is 5.70. The molecule has 11 heavy (non-hydrogen) atoms. The Balaban J connectivity index is 2.02. The molecule has 2 rings (SSSR count). The van der Waals surface area contributed by atoms with Gasteiger partial charge in [-0.15, -0.1) is 0 Å². The van der Waals surface area contributed by atoms with Crippen LogP contribution in [0.2, 0.25) is 0 Å². The van der Waals surface area contributed by atoms with Crippen LogP contribution in [0.1, 0.15) is 25.7 Å². The van der Waals surface area contributed by atoms with Crippen LogP contribution in [-0.2, 0) is 9.53 Å². The summed E-state index contributed by atoms with van der Waals surface area (Å²) < 4.78 is 5.51. The van der Waals surface area contributed by atoms with Gasteiger partial charge in [-0.25, -0.2) is 0 Å². The third-order valence-electron chi connectivity index (χ3n) is 2.64. The van der Waals surface area contributed by atoms with Gasteiger partial charge in [0.1, 0.15) is 0 Å². The molecule has 3 nitrogen and oxygen atoms in total. The van der Waals surface area contributed by atoms with E-state index in [0.717, 1.165) is 25.7 Å². The van der Waals surface area contributed by atoms with Crippen molar-refractivity contribution in [3.8, 4) is 0 Å². The van der Waals surface area contributed by atoms with Crippen LogP contribution in [0.15, 0.2) is 0 Å². The van der Waals surface area contributed by atoms with Crippen LogP contribution >= 0.6 is 0 Å². The Bertz CT molecular complexity index is 166. The summed E-state index contributed by atoms with van der Waals surface area (Å²) in [4.78, 5) is 10.6. The van der Waals surface area contributed by atoms with Crippen LogP contribution in [-0.4, -0.2) is 23.3 Å². The number of rotatable bonds is 1. The first-order valence-corrected chi connectivity index (χ1v) is 4.14. The molecule has 2 bridgehead atoms. The summed E-state index contributed by atoms with van der Waals surface area (Å²) in [6.07, 6.45) is 4.07. The third-order valence-corrected chi connectivity index (χ3v) is 2.64. The first-order valence-electron chi connectivity index (χ1n) is 4.14. The van der Waals surface area contributed by atoms with E-state index in [1.807, 2.05) is 0 Å². The second-order valence-corrected chi connectivity index (χ2v) is 3.46. The largest absolute Gasteiger partial charge is 0.481 e. The van der Waals surface area contributed by atoms with Crippen molar-refractivity contribution in [2.45, 2.75) is 37.9 Å². The van der Waals surface area contributed by atoms with Crippen LogP contribution in [0.5, 0.6) is 0 Å². The molecular weight excluding hydrogens is 144 g/mol. The molecule has 0 saturated carbocycles. The van der Waals surface area contributed by atoms with Crippen LogP contribution < -0.4 is 0 Å². The van der Waals surface area contributed by atoms with Crippen molar-refractivity contribution < 1.29 is 14.6 Å². The molecule has 2 heterocycles. The summed E-state index contributed by atoms with van der Waals surface area (Å²) >= 11 is 0. The van der Waals surface area contributed by atoms with Crippen LogP contribution in [0.3, 0.4) is 0 Å². The highest BCUT2D eigenvalue weighted by atomic mass is 16.5. The molecule has 0 spiro atoms. The van der Waals surface area contributed by atoms with Gasteiger partial charge in [-0.2, -0.15) is 0 Å². The first-order chi connectivity index (χ1) is 5.25. The zero-order chi connectivity index (χ0) is 7.84. The second kappa shape index (κ2) is 2.48. The fourth-order valence-corrected chi connectivity index (χ4v) is 2.06. The SMILES string of the molecule is O=C(O)C1C[C@H]2CC[C@H](C1)O2. The number of carbonyl (C=O) groups is 1. The lowest BCUT2D eigenvalue weighted by Crippen LogP contribution is -2.29. The molecular formula is C8H12O3. The predicted molar refractivity (Wildman–Crippen MR) is 38.3 cm³/mol. The Morgan fingerprint density at radius 3 is 2.27 bits per heavy atom. The van der Waals surface area contributed by atoms with E-state index in [1.165, 1.54) is 0 Å². The Morgan fingerprint density at radius 1 is 1.27 bits per heavy atom. The summed E-state index contributed by atoms with van der Waals surface area (Å²) in [6.45, 7) is 0. The molecule has 2 saturated heterocycles. The maximum absolute atomic E-state index is 10.6. The van der Waals surface area contributed by atoms with E-state index in [1.54, 1.807) is 0 Å². The molecule has 0 amide bonds. The van der Waals surface area contributed by atoms with E-state index in [9.17, 15) is 4.79 Å². The van der Waals surface area contributed by atoms with E-state index in [2.05, 4.69) is 0 Å². The lowest BCUT2D eigenvalue weighted by molar-refractivity contribution is -0.147. The number of carboxylic acids is 1. The normalized spacial score (nSPS) is 42.4. The van der Waals surface area contributed by atoms with Crippen molar-refractivity contribution in [3.05, 3.63) is 0 Å². The monoisotopic (exact) mass is 156 g/mol. The van der Waals surface area contributed by atoms with Crippen molar-refractivity contribution in [2.75, 3.05) is 0 Å². The Hall–Kier alpha value is -0.570. The third kappa shape index (κ3) is 1.25. The average Bonchev–Trinajstić information content (AvgIpc) is 2.30.